The van der Waals surface area contributed by atoms with E-state index in [0.29, 0.717) is 19.4 Å². The van der Waals surface area contributed by atoms with Crippen LogP contribution >= 0.6 is 0 Å². The summed E-state index contributed by atoms with van der Waals surface area (Å²) in [5.41, 5.74) is -0.976. The minimum Gasteiger partial charge on any atom is -0.479 e. The number of amides is 1. The standard InChI is InChI=1S/C12H21NO5/c1-4-13(7-12(2,3)17)10(14)8-5-6-9(18-8)11(15)16/h8-9,17H,4-7H2,1-3H3,(H,15,16)/t8-,9+/m0/s1. The summed E-state index contributed by atoms with van der Waals surface area (Å²) in [7, 11) is 0. The van der Waals surface area contributed by atoms with Crippen molar-refractivity contribution in [3.05, 3.63) is 0 Å². The number of carbonyl (C=O) groups is 2. The number of aliphatic carboxylic acids is 1. The van der Waals surface area contributed by atoms with Gasteiger partial charge in [-0.1, -0.05) is 0 Å². The van der Waals surface area contributed by atoms with Gasteiger partial charge in [0.2, 0.25) is 0 Å². The van der Waals surface area contributed by atoms with Crippen LogP contribution in [0.3, 0.4) is 0 Å². The molecule has 1 aliphatic heterocycles. The summed E-state index contributed by atoms with van der Waals surface area (Å²) < 4.78 is 5.21. The van der Waals surface area contributed by atoms with Gasteiger partial charge in [0.1, 0.15) is 6.10 Å². The van der Waals surface area contributed by atoms with Crippen molar-refractivity contribution in [3.63, 3.8) is 0 Å². The maximum atomic E-state index is 12.1. The molecule has 18 heavy (non-hydrogen) atoms. The summed E-state index contributed by atoms with van der Waals surface area (Å²) in [6, 6.07) is 0. The molecular weight excluding hydrogens is 238 g/mol. The smallest absolute Gasteiger partial charge is 0.332 e. The molecule has 2 N–H and O–H groups in total. The fourth-order valence-electron chi connectivity index (χ4n) is 2.02. The summed E-state index contributed by atoms with van der Waals surface area (Å²) in [4.78, 5) is 24.4. The predicted molar refractivity (Wildman–Crippen MR) is 64.1 cm³/mol. The van der Waals surface area contributed by atoms with E-state index in [4.69, 9.17) is 9.84 Å². The molecule has 0 radical (unpaired) electrons. The molecule has 1 saturated heterocycles. The van der Waals surface area contributed by atoms with Crippen LogP contribution in [0, 0.1) is 0 Å². The van der Waals surface area contributed by atoms with Crippen molar-refractivity contribution >= 4 is 11.9 Å². The Hall–Kier alpha value is -1.14. The summed E-state index contributed by atoms with van der Waals surface area (Å²) in [5.74, 6) is -1.28. The van der Waals surface area contributed by atoms with Gasteiger partial charge in [0.25, 0.3) is 5.91 Å². The minimum absolute atomic E-state index is 0.208. The number of hydrogen-bond acceptors (Lipinski definition) is 4. The topological polar surface area (TPSA) is 87.1 Å². The first-order valence-electron chi connectivity index (χ1n) is 6.14. The van der Waals surface area contributed by atoms with E-state index in [1.165, 1.54) is 4.90 Å². The molecule has 0 spiro atoms. The Bertz CT molecular complexity index is 323. The SMILES string of the molecule is CCN(CC(C)(C)O)C(=O)[C@@H]1CC[C@H](C(=O)O)O1. The lowest BCUT2D eigenvalue weighted by atomic mass is 10.1. The van der Waals surface area contributed by atoms with Gasteiger partial charge in [-0.05, 0) is 33.6 Å². The Morgan fingerprint density at radius 1 is 1.33 bits per heavy atom. The summed E-state index contributed by atoms with van der Waals surface area (Å²) in [6.07, 6.45) is -0.822. The molecule has 1 aliphatic rings. The Balaban J connectivity index is 2.60. The van der Waals surface area contributed by atoms with E-state index in [1.807, 2.05) is 6.92 Å². The largest absolute Gasteiger partial charge is 0.479 e. The molecule has 1 fully saturated rings. The van der Waals surface area contributed by atoms with Gasteiger partial charge in [0.05, 0.1) is 5.60 Å². The zero-order valence-corrected chi connectivity index (χ0v) is 11.0. The fourth-order valence-corrected chi connectivity index (χ4v) is 2.02. The van der Waals surface area contributed by atoms with E-state index in [2.05, 4.69) is 0 Å². The Labute approximate surface area is 107 Å². The summed E-state index contributed by atoms with van der Waals surface area (Å²) in [5, 5.41) is 18.5. The monoisotopic (exact) mass is 259 g/mol. The lowest BCUT2D eigenvalue weighted by Crippen LogP contribution is -2.46. The highest BCUT2D eigenvalue weighted by Crippen LogP contribution is 2.22. The molecule has 6 nitrogen and oxygen atoms in total. The van der Waals surface area contributed by atoms with Gasteiger partial charge < -0.3 is 19.8 Å². The first-order valence-corrected chi connectivity index (χ1v) is 6.14. The normalized spacial score (nSPS) is 24.0. The molecule has 0 aromatic carbocycles. The Morgan fingerprint density at radius 3 is 2.28 bits per heavy atom. The third-order valence-corrected chi connectivity index (χ3v) is 2.84. The van der Waals surface area contributed by atoms with Gasteiger partial charge in [-0.15, -0.1) is 0 Å². The van der Waals surface area contributed by atoms with Crippen molar-refractivity contribution in [1.82, 2.24) is 4.90 Å². The van der Waals surface area contributed by atoms with E-state index in [-0.39, 0.29) is 12.5 Å². The second kappa shape index (κ2) is 5.67. The van der Waals surface area contributed by atoms with E-state index >= 15 is 0 Å². The number of carbonyl (C=O) groups excluding carboxylic acids is 1. The van der Waals surface area contributed by atoms with Crippen LogP contribution in [-0.2, 0) is 14.3 Å². The maximum Gasteiger partial charge on any atom is 0.332 e. The van der Waals surface area contributed by atoms with Gasteiger partial charge in [-0.3, -0.25) is 4.79 Å². The van der Waals surface area contributed by atoms with Crippen LogP contribution in [0.2, 0.25) is 0 Å². The highest BCUT2D eigenvalue weighted by molar-refractivity contribution is 5.82. The number of carboxylic acid groups (broad SMARTS) is 1. The van der Waals surface area contributed by atoms with Crippen molar-refractivity contribution < 1.29 is 24.5 Å². The number of rotatable bonds is 5. The zero-order chi connectivity index (χ0) is 13.9. The van der Waals surface area contributed by atoms with Gasteiger partial charge in [0, 0.05) is 13.1 Å². The highest BCUT2D eigenvalue weighted by atomic mass is 16.5. The van der Waals surface area contributed by atoms with E-state index < -0.39 is 23.8 Å². The number of nitrogens with zero attached hydrogens (tertiary/aromatic N) is 1. The van der Waals surface area contributed by atoms with Crippen molar-refractivity contribution in [3.8, 4) is 0 Å². The Kier molecular flexibility index (Phi) is 4.70. The van der Waals surface area contributed by atoms with Crippen LogP contribution in [0.15, 0.2) is 0 Å². The number of hydrogen-bond donors (Lipinski definition) is 2. The highest BCUT2D eigenvalue weighted by Gasteiger charge is 2.37. The molecule has 2 atom stereocenters. The molecule has 104 valence electrons. The van der Waals surface area contributed by atoms with E-state index in [1.54, 1.807) is 13.8 Å². The first kappa shape index (κ1) is 14.9. The van der Waals surface area contributed by atoms with Crippen molar-refractivity contribution in [2.75, 3.05) is 13.1 Å². The van der Waals surface area contributed by atoms with E-state index in [9.17, 15) is 14.7 Å². The van der Waals surface area contributed by atoms with Gasteiger partial charge >= 0.3 is 5.97 Å². The molecule has 1 heterocycles. The van der Waals surface area contributed by atoms with Crippen molar-refractivity contribution in [2.45, 2.75) is 51.4 Å². The minimum atomic E-state index is -1.03. The van der Waals surface area contributed by atoms with E-state index in [0.717, 1.165) is 0 Å². The summed E-state index contributed by atoms with van der Waals surface area (Å²) in [6.45, 7) is 5.73. The van der Waals surface area contributed by atoms with Crippen LogP contribution in [-0.4, -0.2) is 57.9 Å². The summed E-state index contributed by atoms with van der Waals surface area (Å²) >= 11 is 0. The molecule has 0 bridgehead atoms. The number of ether oxygens (including phenoxy) is 1. The Morgan fingerprint density at radius 2 is 1.89 bits per heavy atom. The van der Waals surface area contributed by atoms with Gasteiger partial charge in [-0.2, -0.15) is 0 Å². The van der Waals surface area contributed by atoms with Crippen LogP contribution in [0.5, 0.6) is 0 Å². The zero-order valence-electron chi connectivity index (χ0n) is 11.0. The van der Waals surface area contributed by atoms with Crippen molar-refractivity contribution in [2.24, 2.45) is 0 Å². The molecule has 0 aromatic rings. The molecule has 1 rings (SSSR count). The second-order valence-corrected chi connectivity index (χ2v) is 5.19. The molecule has 6 heteroatoms. The molecular formula is C12H21NO5. The molecule has 0 unspecified atom stereocenters. The lowest BCUT2D eigenvalue weighted by molar-refractivity contribution is -0.155. The predicted octanol–water partition coefficient (Wildman–Crippen LogP) is 0.238. The molecule has 0 saturated carbocycles. The molecule has 1 amide bonds. The third-order valence-electron chi connectivity index (χ3n) is 2.84. The molecule has 0 aromatic heterocycles. The van der Waals surface area contributed by atoms with Gasteiger partial charge in [0.15, 0.2) is 6.10 Å². The second-order valence-electron chi connectivity index (χ2n) is 5.19. The van der Waals surface area contributed by atoms with Crippen LogP contribution in [0.25, 0.3) is 0 Å². The number of carboxylic acids is 1. The molecule has 0 aliphatic carbocycles. The average Bonchev–Trinajstić information content (AvgIpc) is 2.72. The van der Waals surface area contributed by atoms with Crippen LogP contribution in [0.4, 0.5) is 0 Å². The average molecular weight is 259 g/mol. The van der Waals surface area contributed by atoms with Crippen molar-refractivity contribution in [1.29, 1.82) is 0 Å². The lowest BCUT2D eigenvalue weighted by Gasteiger charge is -2.29. The third kappa shape index (κ3) is 3.96. The number of aliphatic hydroxyl groups is 1. The quantitative estimate of drug-likeness (QED) is 0.738. The first-order chi connectivity index (χ1) is 8.24. The van der Waals surface area contributed by atoms with Crippen LogP contribution < -0.4 is 0 Å². The fraction of sp³-hybridized carbons (Fsp3) is 0.833. The number of likely N-dealkylation sites (N-methyl/N-ethyl adjacent to an activating group) is 1. The maximum absolute atomic E-state index is 12.1. The van der Waals surface area contributed by atoms with Gasteiger partial charge in [-0.25, -0.2) is 4.79 Å². The van der Waals surface area contributed by atoms with Crippen LogP contribution in [0.1, 0.15) is 33.6 Å².